The molecule has 1 aliphatic rings. The van der Waals surface area contributed by atoms with Crippen molar-refractivity contribution in [2.24, 2.45) is 0 Å². The quantitative estimate of drug-likeness (QED) is 0.670. The molecular weight excluding hydrogens is 174 g/mol. The topological polar surface area (TPSA) is 20.3 Å². The predicted molar refractivity (Wildman–Crippen MR) is 56.6 cm³/mol. The monoisotopic (exact) mass is 189 g/mol. The van der Waals surface area contributed by atoms with Crippen molar-refractivity contribution in [2.75, 3.05) is 14.1 Å². The molecule has 1 aliphatic carbocycles. The van der Waals surface area contributed by atoms with Crippen LogP contribution >= 0.6 is 0 Å². The van der Waals surface area contributed by atoms with Gasteiger partial charge < -0.3 is 0 Å². The van der Waals surface area contributed by atoms with Crippen LogP contribution in [0.5, 0.6) is 0 Å². The molecule has 1 atom stereocenters. The third kappa shape index (κ3) is 1.46. The summed E-state index contributed by atoms with van der Waals surface area (Å²) in [5, 5.41) is 0. The van der Waals surface area contributed by atoms with Gasteiger partial charge in [0.15, 0.2) is 5.78 Å². The smallest absolute Gasteiger partial charge is 0.180 e. The van der Waals surface area contributed by atoms with Crippen molar-refractivity contribution in [3.63, 3.8) is 0 Å². The fourth-order valence-corrected chi connectivity index (χ4v) is 2.07. The number of rotatable bonds is 1. The largest absolute Gasteiger partial charge is 0.299 e. The summed E-state index contributed by atoms with van der Waals surface area (Å²) in [7, 11) is 3.94. The van der Waals surface area contributed by atoms with Crippen molar-refractivity contribution in [3.05, 3.63) is 35.4 Å². The average molecular weight is 189 g/mol. The van der Waals surface area contributed by atoms with Gasteiger partial charge >= 0.3 is 0 Å². The molecule has 0 heterocycles. The zero-order valence-corrected chi connectivity index (χ0v) is 8.66. The minimum atomic E-state index is 0.0740. The highest BCUT2D eigenvalue weighted by atomic mass is 16.1. The molecule has 0 unspecified atom stereocenters. The number of fused-ring (bicyclic) bond motifs is 1. The van der Waals surface area contributed by atoms with Gasteiger partial charge in [-0.25, -0.2) is 0 Å². The van der Waals surface area contributed by atoms with Crippen molar-refractivity contribution in [3.8, 4) is 0 Å². The Labute approximate surface area is 84.5 Å². The molecule has 2 nitrogen and oxygen atoms in total. The van der Waals surface area contributed by atoms with Crippen LogP contribution in [0.1, 0.15) is 22.3 Å². The Morgan fingerprint density at radius 2 is 2.00 bits per heavy atom. The third-order valence-electron chi connectivity index (χ3n) is 2.90. The first-order valence-electron chi connectivity index (χ1n) is 4.98. The second kappa shape index (κ2) is 3.54. The molecule has 0 spiro atoms. The van der Waals surface area contributed by atoms with E-state index in [-0.39, 0.29) is 11.8 Å². The van der Waals surface area contributed by atoms with Crippen LogP contribution in [-0.4, -0.2) is 30.8 Å². The van der Waals surface area contributed by atoms with E-state index in [9.17, 15) is 4.79 Å². The highest BCUT2D eigenvalue weighted by Crippen LogP contribution is 2.23. The van der Waals surface area contributed by atoms with Crippen LogP contribution in [0, 0.1) is 0 Å². The van der Waals surface area contributed by atoms with E-state index in [0.717, 1.165) is 18.4 Å². The van der Waals surface area contributed by atoms with Gasteiger partial charge in [-0.2, -0.15) is 0 Å². The van der Waals surface area contributed by atoms with Gasteiger partial charge in [0.1, 0.15) is 0 Å². The number of carbonyl (C=O) groups is 1. The number of hydrogen-bond donors (Lipinski definition) is 0. The average Bonchev–Trinajstić information content (AvgIpc) is 2.18. The van der Waals surface area contributed by atoms with Crippen molar-refractivity contribution >= 4 is 5.78 Å². The molecule has 1 aromatic carbocycles. The van der Waals surface area contributed by atoms with Gasteiger partial charge in [0, 0.05) is 5.56 Å². The van der Waals surface area contributed by atoms with E-state index in [4.69, 9.17) is 0 Å². The minimum absolute atomic E-state index is 0.0740. The maximum atomic E-state index is 12.0. The summed E-state index contributed by atoms with van der Waals surface area (Å²) in [6.45, 7) is 0. The van der Waals surface area contributed by atoms with Crippen LogP contribution < -0.4 is 0 Å². The molecule has 0 fully saturated rings. The molecule has 0 bridgehead atoms. The fraction of sp³-hybridized carbons (Fsp3) is 0.417. The summed E-state index contributed by atoms with van der Waals surface area (Å²) >= 11 is 0. The van der Waals surface area contributed by atoms with Crippen molar-refractivity contribution in [1.82, 2.24) is 4.90 Å². The second-order valence-corrected chi connectivity index (χ2v) is 4.04. The molecular formula is C12H15NO. The standard InChI is InChI=1S/C12H15NO/c1-13(2)11-8-7-9-5-3-4-6-10(9)12(11)14/h3-6,11H,7-8H2,1-2H3/t11-/m1/s1. The van der Waals surface area contributed by atoms with Crippen LogP contribution in [0.3, 0.4) is 0 Å². The lowest BCUT2D eigenvalue weighted by Gasteiger charge is -2.28. The zero-order valence-electron chi connectivity index (χ0n) is 8.66. The first-order valence-corrected chi connectivity index (χ1v) is 4.98. The number of nitrogens with zero attached hydrogens (tertiary/aromatic N) is 1. The Morgan fingerprint density at radius 1 is 1.29 bits per heavy atom. The number of benzene rings is 1. The Hall–Kier alpha value is -1.15. The summed E-state index contributed by atoms with van der Waals surface area (Å²) in [5.74, 6) is 0.275. The summed E-state index contributed by atoms with van der Waals surface area (Å²) in [4.78, 5) is 14.0. The van der Waals surface area contributed by atoms with E-state index in [1.54, 1.807) is 0 Å². The Bertz CT molecular complexity index is 357. The molecule has 2 rings (SSSR count). The molecule has 0 amide bonds. The van der Waals surface area contributed by atoms with Gasteiger partial charge in [-0.15, -0.1) is 0 Å². The highest BCUT2D eigenvalue weighted by Gasteiger charge is 2.27. The Morgan fingerprint density at radius 3 is 2.71 bits per heavy atom. The molecule has 14 heavy (non-hydrogen) atoms. The van der Waals surface area contributed by atoms with E-state index in [2.05, 4.69) is 6.07 Å². The van der Waals surface area contributed by atoms with Crippen LogP contribution in [-0.2, 0) is 6.42 Å². The summed E-state index contributed by atoms with van der Waals surface area (Å²) in [6.07, 6.45) is 1.97. The van der Waals surface area contributed by atoms with E-state index >= 15 is 0 Å². The summed E-state index contributed by atoms with van der Waals surface area (Å²) in [6, 6.07) is 8.01. The van der Waals surface area contributed by atoms with Crippen LogP contribution in [0.25, 0.3) is 0 Å². The number of Topliss-reactive ketones (excluding diaryl/α,β-unsaturated/α-hetero) is 1. The van der Waals surface area contributed by atoms with Crippen molar-refractivity contribution in [1.29, 1.82) is 0 Å². The minimum Gasteiger partial charge on any atom is -0.299 e. The first kappa shape index (κ1) is 9.41. The molecule has 0 aromatic heterocycles. The Balaban J connectivity index is 2.37. The zero-order chi connectivity index (χ0) is 10.1. The fourth-order valence-electron chi connectivity index (χ4n) is 2.07. The van der Waals surface area contributed by atoms with Gasteiger partial charge in [-0.3, -0.25) is 9.69 Å². The van der Waals surface area contributed by atoms with E-state index in [1.165, 1.54) is 5.56 Å². The molecule has 2 heteroatoms. The van der Waals surface area contributed by atoms with Gasteiger partial charge in [0.25, 0.3) is 0 Å². The van der Waals surface area contributed by atoms with Crippen LogP contribution in [0.15, 0.2) is 24.3 Å². The Kier molecular flexibility index (Phi) is 2.38. The van der Waals surface area contributed by atoms with Gasteiger partial charge in [0.2, 0.25) is 0 Å². The van der Waals surface area contributed by atoms with Gasteiger partial charge in [-0.05, 0) is 32.5 Å². The molecule has 0 radical (unpaired) electrons. The van der Waals surface area contributed by atoms with Crippen molar-refractivity contribution < 1.29 is 4.79 Å². The first-order chi connectivity index (χ1) is 6.70. The van der Waals surface area contributed by atoms with E-state index < -0.39 is 0 Å². The van der Waals surface area contributed by atoms with Crippen molar-refractivity contribution in [2.45, 2.75) is 18.9 Å². The summed E-state index contributed by atoms with van der Waals surface area (Å²) in [5.41, 5.74) is 2.12. The van der Waals surface area contributed by atoms with Gasteiger partial charge in [0.05, 0.1) is 6.04 Å². The number of aryl methyl sites for hydroxylation is 1. The molecule has 74 valence electrons. The third-order valence-corrected chi connectivity index (χ3v) is 2.90. The van der Waals surface area contributed by atoms with Gasteiger partial charge in [-0.1, -0.05) is 24.3 Å². The van der Waals surface area contributed by atoms with Crippen LogP contribution in [0.2, 0.25) is 0 Å². The number of likely N-dealkylation sites (N-methyl/N-ethyl adjacent to an activating group) is 1. The molecule has 0 aliphatic heterocycles. The molecule has 1 aromatic rings. The predicted octanol–water partition coefficient (Wildman–Crippen LogP) is 1.75. The molecule has 0 saturated heterocycles. The highest BCUT2D eigenvalue weighted by molar-refractivity contribution is 6.02. The summed E-state index contributed by atoms with van der Waals surface area (Å²) < 4.78 is 0. The maximum Gasteiger partial charge on any atom is 0.180 e. The SMILES string of the molecule is CN(C)[C@@H]1CCc2ccccc2C1=O. The number of carbonyl (C=O) groups excluding carboxylic acids is 1. The molecule has 0 saturated carbocycles. The lowest BCUT2D eigenvalue weighted by atomic mass is 9.87. The second-order valence-electron chi connectivity index (χ2n) is 4.04. The maximum absolute atomic E-state index is 12.0. The number of hydrogen-bond acceptors (Lipinski definition) is 2. The van der Waals surface area contributed by atoms with E-state index in [0.29, 0.717) is 0 Å². The van der Waals surface area contributed by atoms with Crippen LogP contribution in [0.4, 0.5) is 0 Å². The van der Waals surface area contributed by atoms with E-state index in [1.807, 2.05) is 37.2 Å². The lowest BCUT2D eigenvalue weighted by Crippen LogP contribution is -2.39. The molecule has 0 N–H and O–H groups in total. The normalized spacial score (nSPS) is 21.1. The lowest BCUT2D eigenvalue weighted by molar-refractivity contribution is 0.0853. The number of ketones is 1.